The number of hydrogen-bond acceptors (Lipinski definition) is 8. The number of carbonyl (C=O) groups excluding carboxylic acids is 2. The van der Waals surface area contributed by atoms with Crippen LogP contribution in [0.5, 0.6) is 0 Å². The number of benzene rings is 1. The van der Waals surface area contributed by atoms with E-state index in [4.69, 9.17) is 8.92 Å². The fourth-order valence-electron chi connectivity index (χ4n) is 3.53. The summed E-state index contributed by atoms with van der Waals surface area (Å²) in [7, 11) is -5.50. The Balaban J connectivity index is 2.25. The van der Waals surface area contributed by atoms with Crippen LogP contribution in [-0.2, 0) is 34.0 Å². The van der Waals surface area contributed by atoms with E-state index in [1.54, 1.807) is 51.7 Å². The van der Waals surface area contributed by atoms with Crippen LogP contribution in [0.3, 0.4) is 0 Å². The Bertz CT molecular complexity index is 1090. The van der Waals surface area contributed by atoms with Crippen LogP contribution in [0.4, 0.5) is 4.79 Å². The lowest BCUT2D eigenvalue weighted by Crippen LogP contribution is -2.54. The lowest BCUT2D eigenvalue weighted by molar-refractivity contribution is -0.134. The zero-order valence-electron chi connectivity index (χ0n) is 20.2. The molecular weight excluding hydrogens is 486 g/mol. The van der Waals surface area contributed by atoms with E-state index in [0.717, 1.165) is 5.56 Å². The van der Waals surface area contributed by atoms with Gasteiger partial charge >= 0.3 is 16.3 Å². The minimum atomic E-state index is -4.46. The summed E-state index contributed by atoms with van der Waals surface area (Å²) in [6.45, 7) is 6.53. The number of amides is 2. The Morgan fingerprint density at radius 3 is 2.15 bits per heavy atom. The van der Waals surface area contributed by atoms with Gasteiger partial charge < -0.3 is 9.64 Å². The number of nitrogens with one attached hydrogen (secondary N) is 2. The second kappa shape index (κ2) is 10.6. The molecule has 2 N–H and O–H groups in total. The Kier molecular flexibility index (Phi) is 8.72. The molecule has 0 aliphatic heterocycles. The third kappa shape index (κ3) is 8.22. The molecule has 3 atom stereocenters. The van der Waals surface area contributed by atoms with Gasteiger partial charge in [-0.05, 0) is 59.1 Å². The van der Waals surface area contributed by atoms with Crippen molar-refractivity contribution in [2.24, 2.45) is 5.92 Å². The molecule has 1 aromatic rings. The van der Waals surface area contributed by atoms with E-state index in [1.165, 1.54) is 17.0 Å². The van der Waals surface area contributed by atoms with Crippen molar-refractivity contribution in [3.63, 3.8) is 0 Å². The first kappa shape index (κ1) is 28.0. The van der Waals surface area contributed by atoms with Crippen molar-refractivity contribution < 1.29 is 35.3 Å². The maximum absolute atomic E-state index is 12.8. The van der Waals surface area contributed by atoms with Crippen LogP contribution in [0, 0.1) is 12.8 Å². The highest BCUT2D eigenvalue weighted by atomic mass is 32.2. The van der Waals surface area contributed by atoms with Gasteiger partial charge in [0.25, 0.3) is 10.1 Å². The fraction of sp³-hybridized carbons (Fsp3) is 0.619. The Morgan fingerprint density at radius 2 is 1.62 bits per heavy atom. The number of hydrogen-bond donors (Lipinski definition) is 2. The smallest absolute Gasteiger partial charge is 0.422 e. The first-order valence-corrected chi connectivity index (χ1v) is 13.6. The zero-order valence-corrected chi connectivity index (χ0v) is 21.8. The summed E-state index contributed by atoms with van der Waals surface area (Å²) < 4.78 is 65.2. The van der Waals surface area contributed by atoms with Crippen LogP contribution in [0.25, 0.3) is 0 Å². The molecule has 1 aromatic carbocycles. The number of carbonyl (C=O) groups is 2. The van der Waals surface area contributed by atoms with Crippen LogP contribution in [0.15, 0.2) is 29.2 Å². The molecule has 0 unspecified atom stereocenters. The highest BCUT2D eigenvalue weighted by Gasteiger charge is 2.40. The summed E-state index contributed by atoms with van der Waals surface area (Å²) in [6, 6.07) is 4.94. The molecule has 0 heterocycles. The van der Waals surface area contributed by atoms with Crippen LogP contribution in [0.2, 0.25) is 0 Å². The second-order valence-corrected chi connectivity index (χ2v) is 12.5. The number of rotatable bonds is 7. The van der Waals surface area contributed by atoms with Gasteiger partial charge in [0.15, 0.2) is 0 Å². The van der Waals surface area contributed by atoms with Gasteiger partial charge in [0.2, 0.25) is 5.91 Å². The number of nitrogens with zero attached hydrogens (tertiary/aromatic N) is 1. The van der Waals surface area contributed by atoms with Gasteiger partial charge in [0.05, 0.1) is 17.0 Å². The van der Waals surface area contributed by atoms with Crippen molar-refractivity contribution >= 4 is 32.3 Å². The van der Waals surface area contributed by atoms with Gasteiger partial charge in [-0.2, -0.15) is 21.6 Å². The number of aryl methyl sites for hydroxylation is 1. The Morgan fingerprint density at radius 1 is 1.03 bits per heavy atom. The van der Waals surface area contributed by atoms with E-state index in [1.807, 2.05) is 6.92 Å². The molecule has 0 bridgehead atoms. The molecule has 1 aliphatic rings. The van der Waals surface area contributed by atoms with Gasteiger partial charge in [-0.25, -0.2) is 9.52 Å². The van der Waals surface area contributed by atoms with Gasteiger partial charge in [0.1, 0.15) is 5.60 Å². The zero-order chi connectivity index (χ0) is 25.9. The average molecular weight is 520 g/mol. The van der Waals surface area contributed by atoms with Crippen molar-refractivity contribution in [2.45, 2.75) is 69.6 Å². The van der Waals surface area contributed by atoms with Crippen molar-refractivity contribution in [1.29, 1.82) is 0 Å². The summed E-state index contributed by atoms with van der Waals surface area (Å²) in [5.74, 6) is -0.768. The summed E-state index contributed by atoms with van der Waals surface area (Å²) in [4.78, 5) is 25.8. The maximum Gasteiger partial charge on any atom is 0.422 e. The molecule has 1 saturated carbocycles. The van der Waals surface area contributed by atoms with Gasteiger partial charge in [-0.15, -0.1) is 0 Å². The molecule has 1 fully saturated rings. The molecule has 0 aromatic heterocycles. The van der Waals surface area contributed by atoms with Gasteiger partial charge in [-0.1, -0.05) is 17.7 Å². The third-order valence-corrected chi connectivity index (χ3v) is 7.46. The van der Waals surface area contributed by atoms with Crippen LogP contribution >= 0.6 is 0 Å². The quantitative estimate of drug-likeness (QED) is 0.517. The normalized spacial score (nSPS) is 21.5. The SMILES string of the molecule is Cc1ccc(S(=O)(=O)O[C@@H]2CC[C@H](C(=O)N(C)C)C[C@H]2NS(=O)(=O)NC(=O)OC(C)(C)C)cc1. The minimum absolute atomic E-state index is 0.0136. The molecule has 11 nitrogen and oxygen atoms in total. The minimum Gasteiger partial charge on any atom is -0.443 e. The van der Waals surface area contributed by atoms with Crippen molar-refractivity contribution in [3.8, 4) is 0 Å². The molecule has 0 saturated heterocycles. The summed E-state index contributed by atoms with van der Waals surface area (Å²) in [6.07, 6.45) is -1.88. The van der Waals surface area contributed by atoms with Crippen LogP contribution < -0.4 is 9.44 Å². The molecule has 2 amide bonds. The molecular formula is C21H33N3O8S2. The molecule has 13 heteroatoms. The number of ether oxygens (including phenoxy) is 1. The van der Waals surface area contributed by atoms with Gasteiger partial charge in [-0.3, -0.25) is 8.98 Å². The molecule has 2 rings (SSSR count). The summed E-state index contributed by atoms with van der Waals surface area (Å²) >= 11 is 0. The predicted molar refractivity (Wildman–Crippen MR) is 124 cm³/mol. The summed E-state index contributed by atoms with van der Waals surface area (Å²) in [5.41, 5.74) is -0.0676. The highest BCUT2D eigenvalue weighted by Crippen LogP contribution is 2.30. The van der Waals surface area contributed by atoms with Crippen molar-refractivity contribution in [3.05, 3.63) is 29.8 Å². The Labute approximate surface area is 201 Å². The molecule has 0 radical (unpaired) electrons. The largest absolute Gasteiger partial charge is 0.443 e. The fourth-order valence-corrected chi connectivity index (χ4v) is 5.63. The molecule has 0 spiro atoms. The van der Waals surface area contributed by atoms with Crippen LogP contribution in [-0.4, -0.2) is 65.6 Å². The Hall–Kier alpha value is -2.22. The second-order valence-electron chi connectivity index (χ2n) is 9.48. The molecule has 1 aliphatic carbocycles. The molecule has 34 heavy (non-hydrogen) atoms. The van der Waals surface area contributed by atoms with Crippen molar-refractivity contribution in [2.75, 3.05) is 14.1 Å². The first-order valence-electron chi connectivity index (χ1n) is 10.7. The van der Waals surface area contributed by atoms with E-state index in [-0.39, 0.29) is 23.6 Å². The van der Waals surface area contributed by atoms with E-state index < -0.39 is 50.1 Å². The topological polar surface area (TPSA) is 148 Å². The van der Waals surface area contributed by atoms with E-state index in [0.29, 0.717) is 6.42 Å². The standard InChI is InChI=1S/C21H33N3O8S2/c1-14-7-10-16(11-8-14)33(27,28)32-18-12-9-15(19(25)24(5)6)13-17(18)22-34(29,30)23-20(26)31-21(2,3)4/h7-8,10-11,15,17-18,22H,9,12-13H2,1-6H3,(H,23,26)/t15-,17+,18+/m0/s1. The predicted octanol–water partition coefficient (Wildman–Crippen LogP) is 1.68. The lowest BCUT2D eigenvalue weighted by atomic mass is 9.83. The third-order valence-electron chi connectivity index (χ3n) is 5.06. The molecule has 192 valence electrons. The monoisotopic (exact) mass is 519 g/mol. The first-order chi connectivity index (χ1) is 15.5. The van der Waals surface area contributed by atoms with Crippen molar-refractivity contribution in [1.82, 2.24) is 14.3 Å². The van der Waals surface area contributed by atoms with Crippen LogP contribution in [0.1, 0.15) is 45.6 Å². The highest BCUT2D eigenvalue weighted by molar-refractivity contribution is 7.88. The van der Waals surface area contributed by atoms with E-state index in [2.05, 4.69) is 4.72 Å². The maximum atomic E-state index is 12.8. The average Bonchev–Trinajstić information content (AvgIpc) is 2.66. The van der Waals surface area contributed by atoms with Gasteiger partial charge in [0, 0.05) is 20.0 Å². The van der Waals surface area contributed by atoms with E-state index in [9.17, 15) is 26.4 Å². The lowest BCUT2D eigenvalue weighted by Gasteiger charge is -2.35. The van der Waals surface area contributed by atoms with E-state index >= 15 is 0 Å². The summed E-state index contributed by atoms with van der Waals surface area (Å²) in [5, 5.41) is 0.